The maximum Gasteiger partial charge on any atom is 0.173 e. The van der Waals surface area contributed by atoms with E-state index in [-0.39, 0.29) is 6.04 Å². The van der Waals surface area contributed by atoms with Crippen molar-refractivity contribution in [2.75, 3.05) is 31.1 Å². The topological polar surface area (TPSA) is 63.2 Å². The fourth-order valence-corrected chi connectivity index (χ4v) is 4.53. The lowest BCUT2D eigenvalue weighted by Crippen LogP contribution is -2.48. The highest BCUT2D eigenvalue weighted by molar-refractivity contribution is 5.56. The molecule has 0 bridgehead atoms. The molecule has 2 aromatic carbocycles. The molecule has 0 amide bonds. The molecule has 0 spiro atoms. The van der Waals surface area contributed by atoms with E-state index >= 15 is 0 Å². The number of anilines is 1. The summed E-state index contributed by atoms with van der Waals surface area (Å²) in [7, 11) is 0. The molecule has 0 unspecified atom stereocenters. The zero-order chi connectivity index (χ0) is 21.9. The molecule has 1 fully saturated rings. The maximum atomic E-state index is 5.54. The van der Waals surface area contributed by atoms with Crippen LogP contribution < -0.4 is 4.90 Å². The molecule has 1 aliphatic rings. The van der Waals surface area contributed by atoms with Crippen LogP contribution >= 0.6 is 0 Å². The zero-order valence-corrected chi connectivity index (χ0v) is 18.6. The fourth-order valence-electron chi connectivity index (χ4n) is 4.53. The van der Waals surface area contributed by atoms with Crippen molar-refractivity contribution in [2.45, 2.75) is 26.4 Å². The molecule has 5 rings (SSSR count). The minimum Gasteiger partial charge on any atom is -0.467 e. The van der Waals surface area contributed by atoms with Crippen LogP contribution in [0.2, 0.25) is 0 Å². The van der Waals surface area contributed by atoms with Crippen LogP contribution in [0, 0.1) is 13.8 Å². The molecule has 0 radical (unpaired) electrons. The first kappa shape index (κ1) is 20.5. The lowest BCUT2D eigenvalue weighted by Gasteiger charge is -2.40. The van der Waals surface area contributed by atoms with Crippen LogP contribution in [0.5, 0.6) is 0 Å². The first-order chi connectivity index (χ1) is 15.7. The van der Waals surface area contributed by atoms with Crippen molar-refractivity contribution < 1.29 is 4.42 Å². The predicted octanol–water partition coefficient (Wildman–Crippen LogP) is 3.84. The van der Waals surface area contributed by atoms with Gasteiger partial charge in [0.1, 0.15) is 12.3 Å². The van der Waals surface area contributed by atoms with Gasteiger partial charge in [-0.05, 0) is 59.2 Å². The van der Waals surface area contributed by atoms with E-state index in [9.17, 15) is 0 Å². The third-order valence-corrected chi connectivity index (χ3v) is 6.40. The Morgan fingerprint density at radius 2 is 1.72 bits per heavy atom. The van der Waals surface area contributed by atoms with Gasteiger partial charge < -0.3 is 9.32 Å². The molecule has 3 heterocycles. The van der Waals surface area contributed by atoms with Gasteiger partial charge in [-0.2, -0.15) is 0 Å². The fraction of sp³-hybridized carbons (Fsp3) is 0.320. The van der Waals surface area contributed by atoms with Gasteiger partial charge in [0.15, 0.2) is 5.82 Å². The lowest BCUT2D eigenvalue weighted by molar-refractivity contribution is 0.201. The van der Waals surface area contributed by atoms with Crippen LogP contribution in [0.4, 0.5) is 5.69 Å². The molecule has 0 saturated carbocycles. The van der Waals surface area contributed by atoms with Crippen molar-refractivity contribution in [3.05, 3.63) is 95.2 Å². The summed E-state index contributed by atoms with van der Waals surface area (Å²) < 4.78 is 7.39. The smallest absolute Gasteiger partial charge is 0.173 e. The summed E-state index contributed by atoms with van der Waals surface area (Å²) in [6.07, 6.45) is 1.68. The highest BCUT2D eigenvalue weighted by Crippen LogP contribution is 2.30. The Morgan fingerprint density at radius 1 is 0.906 bits per heavy atom. The summed E-state index contributed by atoms with van der Waals surface area (Å²) in [6, 6.07) is 20.9. The average Bonchev–Trinajstić information content (AvgIpc) is 3.50. The van der Waals surface area contributed by atoms with E-state index in [0.29, 0.717) is 6.54 Å². The van der Waals surface area contributed by atoms with Crippen molar-refractivity contribution in [3.8, 4) is 0 Å². The van der Waals surface area contributed by atoms with E-state index in [1.165, 1.54) is 22.4 Å². The van der Waals surface area contributed by atoms with Gasteiger partial charge in [-0.3, -0.25) is 4.90 Å². The number of benzene rings is 2. The van der Waals surface area contributed by atoms with Gasteiger partial charge in [-0.25, -0.2) is 4.68 Å². The summed E-state index contributed by atoms with van der Waals surface area (Å²) in [4.78, 5) is 4.98. The first-order valence-electron chi connectivity index (χ1n) is 11.1. The van der Waals surface area contributed by atoms with Crippen LogP contribution in [-0.2, 0) is 6.54 Å². The number of hydrogen-bond donors (Lipinski definition) is 0. The summed E-state index contributed by atoms with van der Waals surface area (Å²) >= 11 is 0. The van der Waals surface area contributed by atoms with Gasteiger partial charge in [0, 0.05) is 31.9 Å². The number of piperazine rings is 1. The van der Waals surface area contributed by atoms with Gasteiger partial charge in [0.25, 0.3) is 0 Å². The number of tetrazole rings is 1. The van der Waals surface area contributed by atoms with E-state index in [1.807, 2.05) is 22.9 Å². The molecule has 1 aliphatic heterocycles. The molecule has 0 aliphatic carbocycles. The third kappa shape index (κ3) is 4.03. The molecule has 4 aromatic rings. The Bertz CT molecular complexity index is 1150. The van der Waals surface area contributed by atoms with Crippen molar-refractivity contribution in [1.29, 1.82) is 0 Å². The molecule has 7 nitrogen and oxygen atoms in total. The molecule has 1 atom stereocenters. The third-order valence-electron chi connectivity index (χ3n) is 6.40. The number of aryl methyl sites for hydroxylation is 1. The normalized spacial score (nSPS) is 15.8. The summed E-state index contributed by atoms with van der Waals surface area (Å²) in [6.45, 7) is 8.70. The molecular weight excluding hydrogens is 400 g/mol. The van der Waals surface area contributed by atoms with Crippen LogP contribution in [0.25, 0.3) is 0 Å². The first-order valence-corrected chi connectivity index (χ1v) is 11.1. The molecular formula is C25H28N6O. The summed E-state index contributed by atoms with van der Waals surface area (Å²) in [5.41, 5.74) is 5.24. The highest BCUT2D eigenvalue weighted by Gasteiger charge is 2.31. The van der Waals surface area contributed by atoms with Gasteiger partial charge in [0.05, 0.1) is 12.3 Å². The molecule has 0 N–H and O–H groups in total. The lowest BCUT2D eigenvalue weighted by atomic mass is 10.0. The second-order valence-corrected chi connectivity index (χ2v) is 8.33. The second kappa shape index (κ2) is 8.96. The van der Waals surface area contributed by atoms with Crippen molar-refractivity contribution in [3.63, 3.8) is 0 Å². The van der Waals surface area contributed by atoms with Gasteiger partial charge in [-0.15, -0.1) is 5.10 Å². The predicted molar refractivity (Wildman–Crippen MR) is 124 cm³/mol. The molecule has 7 heteroatoms. The maximum absolute atomic E-state index is 5.54. The molecule has 32 heavy (non-hydrogen) atoms. The van der Waals surface area contributed by atoms with Gasteiger partial charge in [0.2, 0.25) is 0 Å². The number of hydrogen-bond acceptors (Lipinski definition) is 6. The van der Waals surface area contributed by atoms with E-state index in [4.69, 9.17) is 4.42 Å². The van der Waals surface area contributed by atoms with Crippen LogP contribution in [0.3, 0.4) is 0 Å². The largest absolute Gasteiger partial charge is 0.467 e. The van der Waals surface area contributed by atoms with Gasteiger partial charge in [-0.1, -0.05) is 42.5 Å². The standard InChI is InChI=1S/C25H28N6O/c1-19-8-6-12-23(20(19)2)29-13-15-30(16-14-29)24(21-9-4-3-5-10-21)25-26-27-28-31(25)18-22-11-7-17-32-22/h3-12,17,24H,13-16,18H2,1-2H3/t24-/m0/s1. The number of furan rings is 1. The molecule has 164 valence electrons. The second-order valence-electron chi connectivity index (χ2n) is 8.33. The summed E-state index contributed by atoms with van der Waals surface area (Å²) in [5.74, 6) is 1.68. The van der Waals surface area contributed by atoms with Crippen molar-refractivity contribution in [2.24, 2.45) is 0 Å². The van der Waals surface area contributed by atoms with E-state index in [1.54, 1.807) is 6.26 Å². The van der Waals surface area contributed by atoms with E-state index in [0.717, 1.165) is 37.8 Å². The zero-order valence-electron chi connectivity index (χ0n) is 18.6. The van der Waals surface area contributed by atoms with Crippen molar-refractivity contribution in [1.82, 2.24) is 25.1 Å². The Hall–Kier alpha value is -3.45. The van der Waals surface area contributed by atoms with E-state index in [2.05, 4.69) is 81.6 Å². The van der Waals surface area contributed by atoms with Crippen LogP contribution in [0.1, 0.15) is 34.3 Å². The quantitative estimate of drug-likeness (QED) is 0.465. The number of nitrogens with zero attached hydrogens (tertiary/aromatic N) is 6. The molecule has 2 aromatic heterocycles. The van der Waals surface area contributed by atoms with Gasteiger partial charge >= 0.3 is 0 Å². The Morgan fingerprint density at radius 3 is 2.47 bits per heavy atom. The highest BCUT2D eigenvalue weighted by atomic mass is 16.3. The van der Waals surface area contributed by atoms with Crippen LogP contribution in [0.15, 0.2) is 71.3 Å². The average molecular weight is 429 g/mol. The minimum absolute atomic E-state index is 0.0121. The Labute approximate surface area is 188 Å². The van der Waals surface area contributed by atoms with Crippen LogP contribution in [-0.4, -0.2) is 51.3 Å². The Balaban J connectivity index is 1.41. The molecule has 1 saturated heterocycles. The van der Waals surface area contributed by atoms with E-state index < -0.39 is 0 Å². The van der Waals surface area contributed by atoms with Crippen molar-refractivity contribution >= 4 is 5.69 Å². The Kier molecular flexibility index (Phi) is 5.73. The minimum atomic E-state index is -0.0121. The SMILES string of the molecule is Cc1cccc(N2CCN([C@@H](c3ccccc3)c3nnnn3Cc3ccco3)CC2)c1C. The number of rotatable bonds is 6. The summed E-state index contributed by atoms with van der Waals surface area (Å²) in [5, 5.41) is 12.7. The monoisotopic (exact) mass is 428 g/mol. The number of aromatic nitrogens is 4.